The van der Waals surface area contributed by atoms with Gasteiger partial charge in [-0.15, -0.1) is 0 Å². The van der Waals surface area contributed by atoms with Crippen LogP contribution in [-0.4, -0.2) is 47.3 Å². The van der Waals surface area contributed by atoms with Crippen LogP contribution >= 0.6 is 0 Å². The third-order valence-electron chi connectivity index (χ3n) is 3.72. The molecule has 2 heterocycles. The van der Waals surface area contributed by atoms with Crippen LogP contribution in [0.5, 0.6) is 0 Å². The van der Waals surface area contributed by atoms with Crippen LogP contribution in [-0.2, 0) is 9.47 Å². The van der Waals surface area contributed by atoms with Crippen molar-refractivity contribution in [3.8, 4) is 0 Å². The van der Waals surface area contributed by atoms with Crippen molar-refractivity contribution in [3.05, 3.63) is 70.8 Å². The van der Waals surface area contributed by atoms with E-state index in [4.69, 9.17) is 19.7 Å². The van der Waals surface area contributed by atoms with E-state index in [0.717, 1.165) is 6.07 Å². The molecule has 2 aliphatic rings. The monoisotopic (exact) mass is 386 g/mol. The molecule has 2 aromatic rings. The van der Waals surface area contributed by atoms with E-state index in [1.807, 2.05) is 0 Å². The van der Waals surface area contributed by atoms with E-state index in [0.29, 0.717) is 37.2 Å². The number of esters is 2. The van der Waals surface area contributed by atoms with Crippen molar-refractivity contribution < 1.29 is 38.9 Å². The number of rotatable bonds is 2. The summed E-state index contributed by atoms with van der Waals surface area (Å²) in [6, 6.07) is 11.5. The second-order valence-corrected chi connectivity index (χ2v) is 5.75. The van der Waals surface area contributed by atoms with Crippen molar-refractivity contribution in [3.63, 3.8) is 0 Å². The van der Waals surface area contributed by atoms with Crippen molar-refractivity contribution in [1.82, 2.24) is 0 Å². The molecule has 4 rings (SSSR count). The Hall–Kier alpha value is -3.68. The molecule has 146 valence electrons. The molecule has 0 spiro atoms. The fraction of sp³-hybridized carbons (Fsp3) is 0.200. The fourth-order valence-electron chi connectivity index (χ4n) is 2.23. The Morgan fingerprint density at radius 2 is 1.11 bits per heavy atom. The van der Waals surface area contributed by atoms with Crippen molar-refractivity contribution in [2.75, 3.05) is 13.2 Å². The van der Waals surface area contributed by atoms with Gasteiger partial charge in [0.2, 0.25) is 0 Å². The molecule has 8 nitrogen and oxygen atoms in total. The molecular formula is C20H18O8. The number of benzene rings is 2. The van der Waals surface area contributed by atoms with Crippen LogP contribution < -0.4 is 0 Å². The first-order chi connectivity index (χ1) is 13.4. The summed E-state index contributed by atoms with van der Waals surface area (Å²) in [5, 5.41) is 17.0. The lowest BCUT2D eigenvalue weighted by Gasteiger charge is -2.09. The Morgan fingerprint density at radius 3 is 1.46 bits per heavy atom. The van der Waals surface area contributed by atoms with E-state index < -0.39 is 11.9 Å². The van der Waals surface area contributed by atoms with Crippen LogP contribution in [0.4, 0.5) is 0 Å². The summed E-state index contributed by atoms with van der Waals surface area (Å²) < 4.78 is 10.1. The summed E-state index contributed by atoms with van der Waals surface area (Å²) in [5.74, 6) is -2.95. The van der Waals surface area contributed by atoms with E-state index in [9.17, 15) is 19.2 Å². The van der Waals surface area contributed by atoms with Gasteiger partial charge in [0.05, 0.1) is 35.5 Å². The number of ether oxygens (including phenoxy) is 2. The second-order valence-electron chi connectivity index (χ2n) is 5.75. The number of carbonyl (C=O) groups excluding carboxylic acids is 2. The molecule has 0 saturated carbocycles. The molecule has 0 atom stereocenters. The fourth-order valence-corrected chi connectivity index (χ4v) is 2.23. The lowest BCUT2D eigenvalue weighted by molar-refractivity contribution is 0.0427. The van der Waals surface area contributed by atoms with Gasteiger partial charge in [0.1, 0.15) is 0 Å². The highest BCUT2D eigenvalue weighted by atomic mass is 16.5. The minimum Gasteiger partial charge on any atom is -0.478 e. The van der Waals surface area contributed by atoms with Gasteiger partial charge in [-0.3, -0.25) is 0 Å². The second kappa shape index (κ2) is 9.86. The summed E-state index contributed by atoms with van der Waals surface area (Å²) >= 11 is 0. The average molecular weight is 386 g/mol. The third-order valence-corrected chi connectivity index (χ3v) is 3.72. The van der Waals surface area contributed by atoms with Gasteiger partial charge in [0.15, 0.2) is 0 Å². The molecule has 0 unspecified atom stereocenters. The Balaban J connectivity index is 0.000000209. The van der Waals surface area contributed by atoms with Gasteiger partial charge >= 0.3 is 23.9 Å². The molecule has 0 fully saturated rings. The van der Waals surface area contributed by atoms with Crippen LogP contribution in [0.1, 0.15) is 54.3 Å². The minimum atomic E-state index is -1.13. The first kappa shape index (κ1) is 20.6. The Kier molecular flexibility index (Phi) is 7.27. The molecule has 0 saturated heterocycles. The third kappa shape index (κ3) is 5.94. The van der Waals surface area contributed by atoms with Crippen LogP contribution in [0.25, 0.3) is 0 Å². The van der Waals surface area contributed by atoms with Crippen molar-refractivity contribution in [2.45, 2.75) is 12.8 Å². The van der Waals surface area contributed by atoms with Crippen LogP contribution in [0.3, 0.4) is 0 Å². The van der Waals surface area contributed by atoms with Gasteiger partial charge < -0.3 is 19.7 Å². The van der Waals surface area contributed by atoms with Gasteiger partial charge in [-0.25, -0.2) is 19.2 Å². The molecule has 2 N–H and O–H groups in total. The molecular weight excluding hydrogens is 368 g/mol. The largest absolute Gasteiger partial charge is 0.478 e. The molecule has 2 aliphatic heterocycles. The number of hydrogen-bond acceptors (Lipinski definition) is 6. The summed E-state index contributed by atoms with van der Waals surface area (Å²) in [4.78, 5) is 43.7. The van der Waals surface area contributed by atoms with Crippen molar-refractivity contribution >= 4 is 23.9 Å². The maximum absolute atomic E-state index is 11.5. The van der Waals surface area contributed by atoms with Crippen LogP contribution in [0.15, 0.2) is 48.5 Å². The quantitative estimate of drug-likeness (QED) is 0.754. The summed E-state index contributed by atoms with van der Waals surface area (Å²) in [6.07, 6.45) is 1.41. The minimum absolute atomic E-state index is 0.0186. The maximum atomic E-state index is 11.5. The number of carboxylic acids is 2. The number of hydrogen-bond donors (Lipinski definition) is 2. The van der Waals surface area contributed by atoms with Gasteiger partial charge in [-0.1, -0.05) is 6.07 Å². The highest BCUT2D eigenvalue weighted by Crippen LogP contribution is 2.09. The van der Waals surface area contributed by atoms with Crippen molar-refractivity contribution in [1.29, 1.82) is 0 Å². The van der Waals surface area contributed by atoms with E-state index >= 15 is 0 Å². The molecule has 8 heteroatoms. The molecule has 0 radical (unpaired) electrons. The normalized spacial score (nSPS) is 13.7. The van der Waals surface area contributed by atoms with Gasteiger partial charge in [-0.05, 0) is 55.3 Å². The topological polar surface area (TPSA) is 127 Å². The standard InChI is InChI=1S/C12H12O4.C8H6O4/c13-11-9-3-5-10(6-4-9)12(14)16-8-2-1-7-15-11;9-7(10)5-2-1-3-6(4-5)8(11)12/h3-6H,1-2,7-8H2;1-4H,(H,9,10)(H,11,12). The van der Waals surface area contributed by atoms with Gasteiger partial charge in [-0.2, -0.15) is 0 Å². The maximum Gasteiger partial charge on any atom is 0.338 e. The predicted octanol–water partition coefficient (Wildman–Crippen LogP) is 2.88. The molecule has 2 aromatic carbocycles. The van der Waals surface area contributed by atoms with E-state index in [2.05, 4.69) is 0 Å². The van der Waals surface area contributed by atoms with Gasteiger partial charge in [0.25, 0.3) is 0 Å². The Bertz CT molecular complexity index is 802. The zero-order valence-corrected chi connectivity index (χ0v) is 14.8. The summed E-state index contributed by atoms with van der Waals surface area (Å²) in [6.45, 7) is 0.719. The predicted molar refractivity (Wildman–Crippen MR) is 96.6 cm³/mol. The summed E-state index contributed by atoms with van der Waals surface area (Å²) in [7, 11) is 0. The highest BCUT2D eigenvalue weighted by Gasteiger charge is 2.12. The first-order valence-corrected chi connectivity index (χ1v) is 8.39. The number of aromatic carboxylic acids is 2. The number of carbonyl (C=O) groups is 4. The smallest absolute Gasteiger partial charge is 0.338 e. The zero-order valence-electron chi connectivity index (χ0n) is 14.8. The van der Waals surface area contributed by atoms with Crippen LogP contribution in [0.2, 0.25) is 0 Å². The molecule has 0 aliphatic carbocycles. The lowest BCUT2D eigenvalue weighted by atomic mass is 10.1. The molecule has 28 heavy (non-hydrogen) atoms. The van der Waals surface area contributed by atoms with E-state index in [-0.39, 0.29) is 23.1 Å². The Morgan fingerprint density at radius 1 is 0.714 bits per heavy atom. The first-order valence-electron chi connectivity index (χ1n) is 8.39. The number of fused-ring (bicyclic) bond motifs is 9. The van der Waals surface area contributed by atoms with E-state index in [1.54, 1.807) is 24.3 Å². The Labute approximate surface area is 160 Å². The molecule has 2 bridgehead atoms. The molecule has 0 aromatic heterocycles. The van der Waals surface area contributed by atoms with Gasteiger partial charge in [0, 0.05) is 0 Å². The average Bonchev–Trinajstić information content (AvgIpc) is 2.70. The van der Waals surface area contributed by atoms with Crippen LogP contribution in [0, 0.1) is 0 Å². The zero-order chi connectivity index (χ0) is 20.5. The molecule has 0 amide bonds. The summed E-state index contributed by atoms with van der Waals surface area (Å²) in [5.41, 5.74) is 0.874. The SMILES string of the molecule is O=C(O)c1cccc(C(=O)O)c1.O=C1OCCCCOC(=O)c2ccc1cc2. The van der Waals surface area contributed by atoms with Crippen molar-refractivity contribution in [2.24, 2.45) is 0 Å². The highest BCUT2D eigenvalue weighted by molar-refractivity contribution is 5.94. The number of carboxylic acid groups (broad SMARTS) is 2. The van der Waals surface area contributed by atoms with E-state index in [1.165, 1.54) is 18.2 Å². The lowest BCUT2D eigenvalue weighted by Crippen LogP contribution is -2.12.